The van der Waals surface area contributed by atoms with Crippen LogP contribution in [0, 0.1) is 17.3 Å². The highest BCUT2D eigenvalue weighted by Crippen LogP contribution is 2.38. The maximum absolute atomic E-state index is 14.3. The Morgan fingerprint density at radius 3 is 2.56 bits per heavy atom. The van der Waals surface area contributed by atoms with E-state index < -0.39 is 41.4 Å². The summed E-state index contributed by atoms with van der Waals surface area (Å²) < 4.78 is 24.9. The Hall–Kier alpha value is -2.55. The first-order chi connectivity index (χ1) is 23.5. The number of cyclic esters (lactones) is 1. The number of rotatable bonds is 8. The van der Waals surface area contributed by atoms with Gasteiger partial charge in [-0.3, -0.25) is 19.3 Å². The summed E-state index contributed by atoms with van der Waals surface area (Å²) in [5.74, 6) is -2.06. The van der Waals surface area contributed by atoms with Crippen molar-refractivity contribution in [2.75, 3.05) is 47.4 Å². The van der Waals surface area contributed by atoms with Crippen LogP contribution in [0.4, 0.5) is 0 Å². The van der Waals surface area contributed by atoms with Gasteiger partial charge in [0.15, 0.2) is 12.1 Å². The number of nitrogens with zero attached hydrogens (tertiary/aromatic N) is 5. The number of methoxy groups -OCH3 is 1. The van der Waals surface area contributed by atoms with Gasteiger partial charge >= 0.3 is 5.97 Å². The molecule has 0 aliphatic carbocycles. The molecule has 0 saturated carbocycles. The molecule has 1 N–H and O–H groups in total. The lowest BCUT2D eigenvalue weighted by Gasteiger charge is -2.47. The van der Waals surface area contributed by atoms with Crippen molar-refractivity contribution in [3.63, 3.8) is 0 Å². The average Bonchev–Trinajstić information content (AvgIpc) is 3.07. The fourth-order valence-corrected chi connectivity index (χ4v) is 8.09. The van der Waals surface area contributed by atoms with Crippen LogP contribution in [0.3, 0.4) is 0 Å². The van der Waals surface area contributed by atoms with Gasteiger partial charge in [-0.05, 0) is 79.9 Å². The lowest BCUT2D eigenvalue weighted by atomic mass is 9.74. The summed E-state index contributed by atoms with van der Waals surface area (Å²) in [6.07, 6.45) is 3.68. The molecule has 4 rings (SSSR count). The highest BCUT2D eigenvalue weighted by molar-refractivity contribution is 6.04. The van der Waals surface area contributed by atoms with Crippen molar-refractivity contribution in [3.05, 3.63) is 23.8 Å². The first-order valence-corrected chi connectivity index (χ1v) is 18.2. The fraction of sp³-hybridized carbons (Fsp3) is 0.811. The van der Waals surface area contributed by atoms with E-state index in [1.165, 1.54) is 0 Å². The van der Waals surface area contributed by atoms with Gasteiger partial charge in [0.25, 0.3) is 0 Å². The van der Waals surface area contributed by atoms with Crippen molar-refractivity contribution in [1.82, 2.24) is 24.7 Å². The molecular formula is C37H61N5O8. The molecule has 1 aromatic heterocycles. The summed E-state index contributed by atoms with van der Waals surface area (Å²) >= 11 is 0. The van der Waals surface area contributed by atoms with Gasteiger partial charge in [-0.15, -0.1) is 0 Å². The first-order valence-electron chi connectivity index (χ1n) is 18.2. The van der Waals surface area contributed by atoms with E-state index in [0.29, 0.717) is 25.8 Å². The van der Waals surface area contributed by atoms with Crippen LogP contribution >= 0.6 is 0 Å². The Balaban J connectivity index is 1.60. The fourth-order valence-electron chi connectivity index (χ4n) is 8.09. The normalized spacial score (nSPS) is 34.7. The zero-order valence-corrected chi connectivity index (χ0v) is 31.9. The lowest BCUT2D eigenvalue weighted by molar-refractivity contribution is -0.295. The Bertz CT molecular complexity index is 1330. The monoisotopic (exact) mass is 703 g/mol. The summed E-state index contributed by atoms with van der Waals surface area (Å²) in [5, 5.41) is 11.4. The van der Waals surface area contributed by atoms with Gasteiger partial charge in [-0.25, -0.2) is 9.97 Å². The van der Waals surface area contributed by atoms with Crippen molar-refractivity contribution in [1.29, 1.82) is 0 Å². The molecule has 1 aromatic rings. The number of carbonyl (C=O) groups excluding carboxylic acids is 3. The summed E-state index contributed by atoms with van der Waals surface area (Å²) in [7, 11) is 5.39. The van der Waals surface area contributed by atoms with Crippen LogP contribution in [-0.4, -0.2) is 137 Å². The molecule has 1 amide bonds. The SMILES string of the molecule is CO[C@]1(C)C[C@@H](C)CN(C(C)=O)[C@H](CCCN2CCc3ncncc3C2)COC(=O)C(C)(C)C(=O)[C@H](C)[C@H]1O[C@@H]1O[C@H](C)C[C@H](N(C)C)[C@H]1O. The molecule has 0 spiro atoms. The number of aliphatic hydroxyl groups is 1. The number of Topliss-reactive ketones (excluding diaryl/α,β-unsaturated/α-hetero) is 1. The second-order valence-corrected chi connectivity index (χ2v) is 15.8. The molecule has 13 nitrogen and oxygen atoms in total. The van der Waals surface area contributed by atoms with Crippen molar-refractivity contribution < 1.29 is 38.4 Å². The minimum Gasteiger partial charge on any atom is -0.463 e. The van der Waals surface area contributed by atoms with E-state index in [1.54, 1.807) is 46.0 Å². The smallest absolute Gasteiger partial charge is 0.319 e. The van der Waals surface area contributed by atoms with Gasteiger partial charge in [0.1, 0.15) is 24.5 Å². The van der Waals surface area contributed by atoms with Crippen LogP contribution in [-0.2, 0) is 46.3 Å². The molecule has 3 aliphatic heterocycles. The van der Waals surface area contributed by atoms with Crippen molar-refractivity contribution in [2.45, 2.75) is 129 Å². The van der Waals surface area contributed by atoms with Crippen LogP contribution in [0.5, 0.6) is 0 Å². The van der Waals surface area contributed by atoms with Gasteiger partial charge < -0.3 is 33.9 Å². The molecule has 0 unspecified atom stereocenters. The number of aliphatic hydroxyl groups excluding tert-OH is 1. The predicted molar refractivity (Wildman–Crippen MR) is 187 cm³/mol. The Morgan fingerprint density at radius 2 is 1.90 bits per heavy atom. The minimum atomic E-state index is -1.52. The Kier molecular flexibility index (Phi) is 13.6. The Labute approximate surface area is 298 Å². The maximum atomic E-state index is 14.3. The van der Waals surface area contributed by atoms with Crippen LogP contribution in [0.1, 0.15) is 85.4 Å². The summed E-state index contributed by atoms with van der Waals surface area (Å²) in [6, 6.07) is -0.594. The summed E-state index contributed by atoms with van der Waals surface area (Å²) in [4.78, 5) is 56.0. The molecule has 2 fully saturated rings. The van der Waals surface area contributed by atoms with Gasteiger partial charge in [0, 0.05) is 69.5 Å². The molecule has 9 atom stereocenters. The van der Waals surface area contributed by atoms with Gasteiger partial charge in [0.2, 0.25) is 5.91 Å². The molecule has 0 bridgehead atoms. The number of ether oxygens (including phenoxy) is 4. The molecule has 0 radical (unpaired) electrons. The van der Waals surface area contributed by atoms with E-state index in [2.05, 4.69) is 14.9 Å². The topological polar surface area (TPSA) is 144 Å². The summed E-state index contributed by atoms with van der Waals surface area (Å²) in [6.45, 7) is 15.2. The predicted octanol–water partition coefficient (Wildman–Crippen LogP) is 2.86. The first kappa shape index (κ1) is 40.2. The second kappa shape index (κ2) is 16.9. The van der Waals surface area contributed by atoms with E-state index in [9.17, 15) is 19.5 Å². The van der Waals surface area contributed by atoms with Gasteiger partial charge in [-0.2, -0.15) is 0 Å². The number of amides is 1. The van der Waals surface area contributed by atoms with Gasteiger partial charge in [-0.1, -0.05) is 13.8 Å². The van der Waals surface area contributed by atoms with Crippen LogP contribution in [0.15, 0.2) is 12.5 Å². The number of aromatic nitrogens is 2. The molecule has 4 heterocycles. The van der Waals surface area contributed by atoms with E-state index in [4.69, 9.17) is 18.9 Å². The number of likely N-dealkylation sites (N-methyl/N-ethyl adjacent to an activating group) is 1. The van der Waals surface area contributed by atoms with Crippen LogP contribution in [0.25, 0.3) is 0 Å². The minimum absolute atomic E-state index is 0.0136. The third kappa shape index (κ3) is 9.27. The third-order valence-electron chi connectivity index (χ3n) is 11.1. The van der Waals surface area contributed by atoms with Crippen molar-refractivity contribution >= 4 is 17.7 Å². The van der Waals surface area contributed by atoms with Crippen molar-refractivity contribution in [3.8, 4) is 0 Å². The largest absolute Gasteiger partial charge is 0.463 e. The van der Waals surface area contributed by atoms with Crippen LogP contribution < -0.4 is 0 Å². The van der Waals surface area contributed by atoms with E-state index in [-0.39, 0.29) is 42.4 Å². The van der Waals surface area contributed by atoms with Crippen molar-refractivity contribution in [2.24, 2.45) is 17.3 Å². The van der Waals surface area contributed by atoms with E-state index in [0.717, 1.165) is 43.7 Å². The Morgan fingerprint density at radius 1 is 1.18 bits per heavy atom. The maximum Gasteiger partial charge on any atom is 0.319 e. The number of fused-ring (bicyclic) bond motifs is 1. The molecule has 2 saturated heterocycles. The average molecular weight is 704 g/mol. The number of ketones is 1. The number of hydrogen-bond donors (Lipinski definition) is 1. The standard InChI is InChI=1S/C37H61N5O8/c1-23-17-37(7,47-10)33(50-34-31(44)30(40(8)9)16-24(2)49-34)25(3)32(45)36(5,6)35(46)48-21-28(42(19-23)26(4)43)12-11-14-41-15-13-29-27(20-41)18-38-22-39-29/h18,22-25,28,30-31,33-34,44H,11-17,19-21H2,1-10H3/t23-,24-,25+,28-,30+,31-,33-,34+,37-/m1/s1. The highest BCUT2D eigenvalue weighted by Gasteiger charge is 2.51. The molecular weight excluding hydrogens is 642 g/mol. The molecule has 3 aliphatic rings. The van der Waals surface area contributed by atoms with E-state index in [1.807, 2.05) is 46.0 Å². The summed E-state index contributed by atoms with van der Waals surface area (Å²) in [5.41, 5.74) is -0.343. The molecule has 0 aromatic carbocycles. The van der Waals surface area contributed by atoms with E-state index >= 15 is 0 Å². The van der Waals surface area contributed by atoms with Gasteiger partial charge in [0.05, 0.1) is 23.9 Å². The zero-order chi connectivity index (χ0) is 37.0. The highest BCUT2D eigenvalue weighted by atomic mass is 16.7. The molecule has 282 valence electrons. The molecule has 13 heteroatoms. The quantitative estimate of drug-likeness (QED) is 0.314. The zero-order valence-electron chi connectivity index (χ0n) is 31.9. The third-order valence-corrected chi connectivity index (χ3v) is 11.1. The lowest BCUT2D eigenvalue weighted by Crippen LogP contribution is -2.59. The van der Waals surface area contributed by atoms with Crippen LogP contribution in [0.2, 0.25) is 0 Å². The molecule has 50 heavy (non-hydrogen) atoms. The second-order valence-electron chi connectivity index (χ2n) is 15.8. The number of carbonyl (C=O) groups is 3. The number of hydrogen-bond acceptors (Lipinski definition) is 12. The number of esters is 1.